The molecular formula is C61H54BBr2F12N5O9. The maximum Gasteiger partial charge on any atom is 0.494 e. The van der Waals surface area contributed by atoms with Gasteiger partial charge in [-0.05, 0) is 137 Å². The summed E-state index contributed by atoms with van der Waals surface area (Å²) in [4.78, 5) is 24.9. The van der Waals surface area contributed by atoms with Crippen molar-refractivity contribution in [3.63, 3.8) is 0 Å². The Morgan fingerprint density at radius 2 is 1.16 bits per heavy atom. The van der Waals surface area contributed by atoms with Gasteiger partial charge >= 0.3 is 27.0 Å². The molecule has 8 aromatic rings. The Balaban J connectivity index is 0.000000162. The second-order valence-electron chi connectivity index (χ2n) is 20.5. The number of benzene rings is 6. The van der Waals surface area contributed by atoms with Crippen LogP contribution in [0, 0.1) is 34.9 Å². The summed E-state index contributed by atoms with van der Waals surface area (Å²) >= 11 is 6.19. The van der Waals surface area contributed by atoms with Crippen LogP contribution in [0.3, 0.4) is 0 Å². The summed E-state index contributed by atoms with van der Waals surface area (Å²) in [5.41, 5.74) is 13.0. The molecule has 5 heterocycles. The summed E-state index contributed by atoms with van der Waals surface area (Å²) in [7, 11) is -0.741. The fourth-order valence-electron chi connectivity index (χ4n) is 8.62. The third-order valence-electron chi connectivity index (χ3n) is 13.6. The van der Waals surface area contributed by atoms with Gasteiger partial charge in [0.2, 0.25) is 5.43 Å². The van der Waals surface area contributed by atoms with Gasteiger partial charge in [0.05, 0.1) is 59.5 Å². The Morgan fingerprint density at radius 3 is 1.69 bits per heavy atom. The highest BCUT2D eigenvalue weighted by Gasteiger charge is 2.52. The number of nitrogen functional groups attached to an aromatic ring is 1. The first kappa shape index (κ1) is 69.8. The normalized spacial score (nSPS) is 15.1. The molecule has 1 atom stereocenters. The van der Waals surface area contributed by atoms with Gasteiger partial charge in [-0.2, -0.15) is 26.3 Å². The molecule has 0 bridgehead atoms. The zero-order valence-corrected chi connectivity index (χ0v) is 51.2. The molecule has 478 valence electrons. The molecule has 3 aliphatic rings. The summed E-state index contributed by atoms with van der Waals surface area (Å²) in [6.07, 6.45) is 3.06. The molecule has 1 unspecified atom stereocenters. The maximum absolute atomic E-state index is 14.0. The first-order valence-corrected chi connectivity index (χ1v) is 28.5. The van der Waals surface area contributed by atoms with Crippen molar-refractivity contribution in [2.45, 2.75) is 97.2 Å². The number of halogens is 14. The third-order valence-corrected chi connectivity index (χ3v) is 14.6. The number of anilines is 1. The van der Waals surface area contributed by atoms with Crippen molar-refractivity contribution in [2.24, 2.45) is 10.7 Å². The zero-order valence-electron chi connectivity index (χ0n) is 48.0. The SMILES string of the molecule is CC(N)c1oc2cccc(F)c2c(=O)c1-c1cccc(F)c1.CC1(C)OB(c2ccc(OC(F)F)c(F)c2)OC1(C)C.Fc1cc(Br)ccc1OC(F)F.Fc1cc(Br)ccc1OC1CCOCC1.Nc1ncnc2c1C(c1ccc(OC(F)F)c(F)c1)=NC2. The molecule has 0 aliphatic carbocycles. The number of aromatic nitrogens is 2. The highest BCUT2D eigenvalue weighted by atomic mass is 79.9. The average Bonchev–Trinajstić information content (AvgIpc) is 1.10. The van der Waals surface area contributed by atoms with Crippen LogP contribution < -0.4 is 41.3 Å². The van der Waals surface area contributed by atoms with Crippen molar-refractivity contribution in [2.75, 3.05) is 18.9 Å². The molecule has 3 aliphatic heterocycles. The molecule has 2 saturated heterocycles. The number of rotatable bonds is 12. The van der Waals surface area contributed by atoms with Crippen LogP contribution in [0.15, 0.2) is 145 Å². The van der Waals surface area contributed by atoms with Crippen LogP contribution in [-0.2, 0) is 20.6 Å². The monoisotopic (exact) mass is 1400 g/mol. The summed E-state index contributed by atoms with van der Waals surface area (Å²) in [5.74, 6) is -4.81. The number of ether oxygens (including phenoxy) is 5. The van der Waals surface area contributed by atoms with E-state index in [1.165, 1.54) is 67.0 Å². The van der Waals surface area contributed by atoms with Gasteiger partial charge in [0.1, 0.15) is 46.6 Å². The number of alkyl halides is 6. The minimum atomic E-state index is -3.08. The van der Waals surface area contributed by atoms with Crippen molar-refractivity contribution >= 4 is 66.9 Å². The molecule has 0 radical (unpaired) electrons. The predicted octanol–water partition coefficient (Wildman–Crippen LogP) is 15.0. The molecule has 2 fully saturated rings. The van der Waals surface area contributed by atoms with E-state index in [-0.39, 0.29) is 40.0 Å². The number of nitrogens with zero attached hydrogens (tertiary/aromatic N) is 3. The van der Waals surface area contributed by atoms with Crippen LogP contribution in [-0.4, -0.2) is 73.2 Å². The van der Waals surface area contributed by atoms with Gasteiger partial charge < -0.3 is 48.9 Å². The second-order valence-corrected chi connectivity index (χ2v) is 22.3. The summed E-state index contributed by atoms with van der Waals surface area (Å²) in [5, 5.41) is -0.161. The van der Waals surface area contributed by atoms with E-state index in [1.54, 1.807) is 25.1 Å². The molecule has 0 amide bonds. The van der Waals surface area contributed by atoms with E-state index >= 15 is 0 Å². The Bertz CT molecular complexity index is 3870. The molecule has 11 rings (SSSR count). The number of fused-ring (bicyclic) bond motifs is 2. The minimum Gasteiger partial charge on any atom is -0.487 e. The molecule has 6 aromatic carbocycles. The minimum absolute atomic E-state index is 0.0782. The van der Waals surface area contributed by atoms with Gasteiger partial charge in [-0.3, -0.25) is 9.79 Å². The predicted molar refractivity (Wildman–Crippen MR) is 317 cm³/mol. The van der Waals surface area contributed by atoms with Crippen LogP contribution in [0.5, 0.6) is 23.0 Å². The van der Waals surface area contributed by atoms with E-state index in [0.29, 0.717) is 63.5 Å². The lowest BCUT2D eigenvalue weighted by atomic mass is 9.79. The Morgan fingerprint density at radius 1 is 0.622 bits per heavy atom. The highest BCUT2D eigenvalue weighted by molar-refractivity contribution is 9.10. The molecule has 2 aromatic heterocycles. The third kappa shape index (κ3) is 18.3. The topological polar surface area (TPSA) is 185 Å². The first-order valence-electron chi connectivity index (χ1n) is 26.9. The summed E-state index contributed by atoms with van der Waals surface area (Å²) in [6, 6.07) is 24.8. The molecule has 0 spiro atoms. The second kappa shape index (κ2) is 30.9. The highest BCUT2D eigenvalue weighted by Crippen LogP contribution is 2.37. The van der Waals surface area contributed by atoms with Crippen molar-refractivity contribution in [1.82, 2.24) is 9.97 Å². The fourth-order valence-corrected chi connectivity index (χ4v) is 9.29. The number of nitrogens with two attached hydrogens (primary N) is 2. The van der Waals surface area contributed by atoms with Gasteiger partial charge in [-0.15, -0.1) is 0 Å². The quantitative estimate of drug-likeness (QED) is 0.0870. The molecule has 0 saturated carbocycles. The maximum atomic E-state index is 14.0. The molecule has 29 heteroatoms. The van der Waals surface area contributed by atoms with Crippen molar-refractivity contribution in [1.29, 1.82) is 0 Å². The van der Waals surface area contributed by atoms with E-state index in [1.807, 2.05) is 27.7 Å². The van der Waals surface area contributed by atoms with Crippen LogP contribution in [0.25, 0.3) is 22.1 Å². The van der Waals surface area contributed by atoms with Crippen LogP contribution >= 0.6 is 31.9 Å². The first-order chi connectivity index (χ1) is 42.5. The van der Waals surface area contributed by atoms with Gasteiger partial charge in [-0.25, -0.2) is 36.3 Å². The van der Waals surface area contributed by atoms with Crippen LogP contribution in [0.4, 0.5) is 58.5 Å². The van der Waals surface area contributed by atoms with Gasteiger partial charge in [0.15, 0.2) is 46.3 Å². The van der Waals surface area contributed by atoms with E-state index in [4.69, 9.17) is 34.7 Å². The van der Waals surface area contributed by atoms with Gasteiger partial charge in [0, 0.05) is 27.4 Å². The van der Waals surface area contributed by atoms with Crippen molar-refractivity contribution in [3.8, 4) is 34.1 Å². The number of hydrogen-bond acceptors (Lipinski definition) is 14. The lowest BCUT2D eigenvalue weighted by molar-refractivity contribution is -0.0528. The molecule has 14 nitrogen and oxygen atoms in total. The largest absolute Gasteiger partial charge is 0.494 e. The molecule has 4 N–H and O–H groups in total. The van der Waals surface area contributed by atoms with Crippen LogP contribution in [0.1, 0.15) is 76.1 Å². The van der Waals surface area contributed by atoms with Gasteiger partial charge in [0.25, 0.3) is 0 Å². The van der Waals surface area contributed by atoms with E-state index < -0.39 is 96.0 Å². The van der Waals surface area contributed by atoms with Crippen molar-refractivity contribution in [3.05, 3.63) is 198 Å². The summed E-state index contributed by atoms with van der Waals surface area (Å²) in [6.45, 7) is 1.70. The standard InChI is InChI=1S/C17H13F2NO2.C13H16BF3O3.C13H9F3N4O.C11H12BrFO2.C7H4BrF3O/c1-9(20)17-14(10-4-2-5-11(18)8-10)16(21)15-12(19)6-3-7-13(15)22-17;1-12(2)13(3,4)20-14(19-12)8-5-6-10(9(15)7-8)18-11(16)17;14-7-3-6(1-2-9(7)21-13(15)16)11-10-8(4-18-11)19-5-20-12(10)17;12-8-1-2-11(10(13)7-8)15-9-3-5-14-6-4-9;8-4-1-2-6(5(9)3-4)12-7(10)11/h2-9H,20H2,1H3;5-7,11H,1-4H3;1-3,5,13H,4H2,(H2,17,19,20);1-2,7,9H,3-6H2;1-3,7H. The average molecular weight is 1400 g/mol. The van der Waals surface area contributed by atoms with Gasteiger partial charge in [-0.1, -0.05) is 56.1 Å². The Kier molecular flexibility index (Phi) is 23.9. The molecular weight excluding hydrogens is 1350 g/mol. The molecule has 90 heavy (non-hydrogen) atoms. The Hall–Kier alpha value is -7.70. The van der Waals surface area contributed by atoms with Crippen LogP contribution in [0.2, 0.25) is 0 Å². The fraction of sp³-hybridized carbons (Fsp3) is 0.279. The van der Waals surface area contributed by atoms with E-state index in [0.717, 1.165) is 53.7 Å². The Labute approximate surface area is 523 Å². The number of aliphatic imine (C=N–C) groups is 1. The van der Waals surface area contributed by atoms with E-state index in [9.17, 15) is 57.5 Å². The van der Waals surface area contributed by atoms with Crippen molar-refractivity contribution < 1.29 is 90.1 Å². The lowest BCUT2D eigenvalue weighted by Crippen LogP contribution is -2.41. The summed E-state index contributed by atoms with van der Waals surface area (Å²) < 4.78 is 194. The van der Waals surface area contributed by atoms with E-state index in [2.05, 4.69) is 61.0 Å². The lowest BCUT2D eigenvalue weighted by Gasteiger charge is -2.32. The zero-order chi connectivity index (χ0) is 65.8. The number of hydrogen-bond donors (Lipinski definition) is 2. The smallest absolute Gasteiger partial charge is 0.487 e.